The van der Waals surface area contributed by atoms with Crippen molar-refractivity contribution in [1.82, 2.24) is 9.21 Å². The fraction of sp³-hybridized carbons (Fsp3) is 0.357. The van der Waals surface area contributed by atoms with E-state index in [0.29, 0.717) is 44.5 Å². The molecule has 0 aliphatic carbocycles. The molecule has 11 heteroatoms. The summed E-state index contributed by atoms with van der Waals surface area (Å²) in [6.45, 7) is -1.14. The van der Waals surface area contributed by atoms with Crippen LogP contribution in [0.2, 0.25) is 0 Å². The number of hydrogen-bond acceptors (Lipinski definition) is 6. The molecule has 0 amide bonds. The van der Waals surface area contributed by atoms with Crippen molar-refractivity contribution in [3.8, 4) is 5.75 Å². The Hall–Kier alpha value is -2.86. The minimum absolute atomic E-state index is 0.0499. The molecule has 39 heavy (non-hydrogen) atoms. The van der Waals surface area contributed by atoms with Gasteiger partial charge in [-0.2, -0.15) is 13.1 Å². The maximum Gasteiger partial charge on any atom is 0.387 e. The van der Waals surface area contributed by atoms with Gasteiger partial charge in [0.05, 0.1) is 9.79 Å². The van der Waals surface area contributed by atoms with E-state index >= 15 is 0 Å². The van der Waals surface area contributed by atoms with Crippen LogP contribution in [0.25, 0.3) is 0 Å². The lowest BCUT2D eigenvalue weighted by Crippen LogP contribution is -2.47. The number of nitrogens with zero attached hydrogens (tertiary/aromatic N) is 2. The van der Waals surface area contributed by atoms with Crippen molar-refractivity contribution in [1.29, 1.82) is 0 Å². The SMILES string of the molecule is CS(=O)(=O)c1cccc(S(=O)(=O)N(CCc2ccccc2)C2CCN(Cc3ccccc3OC(F)F)CC2)c1. The highest BCUT2D eigenvalue weighted by Crippen LogP contribution is 2.28. The smallest absolute Gasteiger partial charge is 0.387 e. The van der Waals surface area contributed by atoms with Crippen molar-refractivity contribution in [3.05, 3.63) is 90.0 Å². The number of alkyl halides is 2. The number of likely N-dealkylation sites (tertiary alicyclic amines) is 1. The molecule has 4 rings (SSSR count). The molecule has 0 radical (unpaired) electrons. The Morgan fingerprint density at radius 2 is 1.54 bits per heavy atom. The zero-order valence-corrected chi connectivity index (χ0v) is 23.3. The van der Waals surface area contributed by atoms with Gasteiger partial charge in [0, 0.05) is 44.0 Å². The molecule has 3 aromatic rings. The van der Waals surface area contributed by atoms with E-state index < -0.39 is 26.5 Å². The van der Waals surface area contributed by atoms with E-state index in [2.05, 4.69) is 9.64 Å². The lowest BCUT2D eigenvalue weighted by molar-refractivity contribution is -0.0508. The van der Waals surface area contributed by atoms with Gasteiger partial charge in [0.2, 0.25) is 10.0 Å². The molecule has 1 saturated heterocycles. The van der Waals surface area contributed by atoms with Gasteiger partial charge in [-0.1, -0.05) is 54.6 Å². The molecule has 0 N–H and O–H groups in total. The highest BCUT2D eigenvalue weighted by molar-refractivity contribution is 7.91. The van der Waals surface area contributed by atoms with Gasteiger partial charge in [-0.15, -0.1) is 0 Å². The first-order chi connectivity index (χ1) is 18.5. The Morgan fingerprint density at radius 3 is 2.21 bits per heavy atom. The highest BCUT2D eigenvalue weighted by Gasteiger charge is 2.34. The molecule has 0 aromatic heterocycles. The maximum atomic E-state index is 13.9. The van der Waals surface area contributed by atoms with Gasteiger partial charge in [-0.3, -0.25) is 4.90 Å². The minimum Gasteiger partial charge on any atom is -0.434 e. The highest BCUT2D eigenvalue weighted by atomic mass is 32.2. The summed E-state index contributed by atoms with van der Waals surface area (Å²) in [7, 11) is -7.59. The molecule has 1 fully saturated rings. The van der Waals surface area contributed by atoms with Crippen molar-refractivity contribution < 1.29 is 30.4 Å². The Morgan fingerprint density at radius 1 is 0.897 bits per heavy atom. The van der Waals surface area contributed by atoms with E-state index in [4.69, 9.17) is 0 Å². The van der Waals surface area contributed by atoms with Crippen LogP contribution in [-0.4, -0.2) is 64.6 Å². The van der Waals surface area contributed by atoms with Crippen molar-refractivity contribution >= 4 is 19.9 Å². The second-order valence-corrected chi connectivity index (χ2v) is 13.5. The molecule has 1 heterocycles. The van der Waals surface area contributed by atoms with E-state index in [1.807, 2.05) is 30.3 Å². The van der Waals surface area contributed by atoms with E-state index in [1.54, 1.807) is 18.2 Å². The van der Waals surface area contributed by atoms with Gasteiger partial charge in [0.1, 0.15) is 5.75 Å². The molecule has 0 saturated carbocycles. The van der Waals surface area contributed by atoms with Crippen molar-refractivity contribution in [2.75, 3.05) is 25.9 Å². The molecular weight excluding hydrogens is 546 g/mol. The molecule has 1 aliphatic heterocycles. The normalized spacial score (nSPS) is 15.6. The molecule has 210 valence electrons. The van der Waals surface area contributed by atoms with Gasteiger partial charge < -0.3 is 4.74 Å². The lowest BCUT2D eigenvalue weighted by Gasteiger charge is -2.38. The minimum atomic E-state index is -4.00. The zero-order valence-electron chi connectivity index (χ0n) is 21.6. The number of sulfone groups is 1. The third-order valence-electron chi connectivity index (χ3n) is 6.85. The second-order valence-electron chi connectivity index (χ2n) is 9.59. The number of hydrogen-bond donors (Lipinski definition) is 0. The fourth-order valence-electron chi connectivity index (χ4n) is 4.84. The summed E-state index contributed by atoms with van der Waals surface area (Å²) in [5.41, 5.74) is 1.64. The van der Waals surface area contributed by atoms with Crippen LogP contribution in [-0.2, 0) is 32.8 Å². The summed E-state index contributed by atoms with van der Waals surface area (Å²) in [5.74, 6) is 0.132. The first-order valence-electron chi connectivity index (χ1n) is 12.6. The summed E-state index contributed by atoms with van der Waals surface area (Å²) in [5, 5.41) is 0. The number of halogens is 2. The number of ether oxygens (including phenoxy) is 1. The summed E-state index contributed by atoms with van der Waals surface area (Å²) in [4.78, 5) is 1.99. The van der Waals surface area contributed by atoms with E-state index in [9.17, 15) is 25.6 Å². The second kappa shape index (κ2) is 12.5. The number of piperidine rings is 1. The van der Waals surface area contributed by atoms with Crippen LogP contribution in [0.1, 0.15) is 24.0 Å². The van der Waals surface area contributed by atoms with Crippen molar-refractivity contribution in [3.63, 3.8) is 0 Å². The Labute approximate surface area is 229 Å². The molecule has 0 unspecified atom stereocenters. The average molecular weight is 579 g/mol. The number of benzene rings is 3. The number of rotatable bonds is 11. The number of sulfonamides is 1. The first-order valence-corrected chi connectivity index (χ1v) is 16.0. The van der Waals surface area contributed by atoms with E-state index in [-0.39, 0.29) is 28.1 Å². The Kier molecular flexibility index (Phi) is 9.37. The predicted octanol–water partition coefficient (Wildman–Crippen LogP) is 4.59. The molecule has 0 atom stereocenters. The summed E-state index contributed by atoms with van der Waals surface area (Å²) in [6, 6.07) is 21.4. The molecule has 1 aliphatic rings. The summed E-state index contributed by atoms with van der Waals surface area (Å²) < 4.78 is 83.8. The van der Waals surface area contributed by atoms with Crippen molar-refractivity contribution in [2.45, 2.75) is 48.3 Å². The Bertz CT molecular complexity index is 1460. The van der Waals surface area contributed by atoms with E-state index in [0.717, 1.165) is 11.8 Å². The van der Waals surface area contributed by atoms with Crippen LogP contribution in [0.15, 0.2) is 88.7 Å². The Balaban J connectivity index is 1.54. The molecular formula is C28H32F2N2O5S2. The van der Waals surface area contributed by atoms with Crippen LogP contribution < -0.4 is 4.74 Å². The van der Waals surface area contributed by atoms with Gasteiger partial charge >= 0.3 is 6.61 Å². The topological polar surface area (TPSA) is 84.0 Å². The van der Waals surface area contributed by atoms with Gasteiger partial charge in [-0.25, -0.2) is 16.8 Å². The van der Waals surface area contributed by atoms with Crippen LogP contribution in [0.3, 0.4) is 0 Å². The van der Waals surface area contributed by atoms with Gasteiger partial charge in [-0.05, 0) is 49.1 Å². The van der Waals surface area contributed by atoms with Crippen molar-refractivity contribution in [2.24, 2.45) is 0 Å². The molecule has 0 spiro atoms. The van der Waals surface area contributed by atoms with Crippen LogP contribution in [0.4, 0.5) is 8.78 Å². The third kappa shape index (κ3) is 7.63. The monoisotopic (exact) mass is 578 g/mol. The van der Waals surface area contributed by atoms with Crippen LogP contribution in [0.5, 0.6) is 5.75 Å². The van der Waals surface area contributed by atoms with Gasteiger partial charge in [0.15, 0.2) is 9.84 Å². The predicted molar refractivity (Wildman–Crippen MR) is 145 cm³/mol. The third-order valence-corrected chi connectivity index (χ3v) is 9.91. The summed E-state index contributed by atoms with van der Waals surface area (Å²) in [6.07, 6.45) is 2.63. The largest absolute Gasteiger partial charge is 0.434 e. The zero-order chi connectivity index (χ0) is 28.0. The maximum absolute atomic E-state index is 13.9. The van der Waals surface area contributed by atoms with E-state index in [1.165, 1.54) is 34.6 Å². The first kappa shape index (κ1) is 29.1. The van der Waals surface area contributed by atoms with Gasteiger partial charge in [0.25, 0.3) is 0 Å². The molecule has 3 aromatic carbocycles. The molecule has 7 nitrogen and oxygen atoms in total. The van der Waals surface area contributed by atoms with Crippen LogP contribution in [0, 0.1) is 0 Å². The fourth-order valence-corrected chi connectivity index (χ4v) is 7.31. The molecule has 0 bridgehead atoms. The van der Waals surface area contributed by atoms with Crippen LogP contribution >= 0.6 is 0 Å². The standard InChI is InChI=1S/C28H32F2N2O5S2/c1-38(33,34)25-11-7-12-26(20-25)39(35,36)32(19-14-22-8-3-2-4-9-22)24-15-17-31(18-16-24)21-23-10-5-6-13-27(23)37-28(29)30/h2-13,20,24,28H,14-19,21H2,1H3. The quantitative estimate of drug-likeness (QED) is 0.331. The average Bonchev–Trinajstić information content (AvgIpc) is 2.90. The summed E-state index contributed by atoms with van der Waals surface area (Å²) >= 11 is 0. The lowest BCUT2D eigenvalue weighted by atomic mass is 10.0. The number of para-hydroxylation sites is 1.